The van der Waals surface area contributed by atoms with E-state index >= 15 is 0 Å². The van der Waals surface area contributed by atoms with Gasteiger partial charge in [-0.3, -0.25) is 4.79 Å². The molecule has 1 unspecified atom stereocenters. The Morgan fingerprint density at radius 3 is 2.35 bits per heavy atom. The van der Waals surface area contributed by atoms with Crippen LogP contribution in [0.15, 0.2) is 0 Å². The van der Waals surface area contributed by atoms with E-state index in [-0.39, 0.29) is 11.9 Å². The summed E-state index contributed by atoms with van der Waals surface area (Å²) in [6, 6.07) is 0. The van der Waals surface area contributed by atoms with E-state index in [0.717, 1.165) is 44.9 Å². The molecule has 0 bridgehead atoms. The van der Waals surface area contributed by atoms with Gasteiger partial charge in [0, 0.05) is 0 Å². The SMILES string of the molecule is CCCCC(C(=O)OC)C1(O)CCCCCC1. The first-order valence-electron chi connectivity index (χ1n) is 6.94. The first kappa shape index (κ1) is 14.5. The number of rotatable bonds is 5. The van der Waals surface area contributed by atoms with E-state index in [1.54, 1.807) is 0 Å². The van der Waals surface area contributed by atoms with Gasteiger partial charge in [-0.1, -0.05) is 45.4 Å². The summed E-state index contributed by atoms with van der Waals surface area (Å²) in [6.07, 6.45) is 8.65. The number of esters is 1. The molecule has 1 atom stereocenters. The molecular weight excluding hydrogens is 216 g/mol. The number of hydrogen-bond acceptors (Lipinski definition) is 3. The minimum Gasteiger partial charge on any atom is -0.469 e. The fourth-order valence-electron chi connectivity index (χ4n) is 2.85. The van der Waals surface area contributed by atoms with Gasteiger partial charge < -0.3 is 9.84 Å². The van der Waals surface area contributed by atoms with Crippen LogP contribution in [-0.4, -0.2) is 23.8 Å². The lowest BCUT2D eigenvalue weighted by Crippen LogP contribution is -2.42. The summed E-state index contributed by atoms with van der Waals surface area (Å²) in [6.45, 7) is 2.10. The fraction of sp³-hybridized carbons (Fsp3) is 0.929. The first-order valence-corrected chi connectivity index (χ1v) is 6.94. The van der Waals surface area contributed by atoms with Gasteiger partial charge in [0.1, 0.15) is 0 Å². The van der Waals surface area contributed by atoms with Crippen LogP contribution in [0.4, 0.5) is 0 Å². The first-order chi connectivity index (χ1) is 8.14. The quantitative estimate of drug-likeness (QED) is 0.595. The molecule has 1 rings (SSSR count). The lowest BCUT2D eigenvalue weighted by atomic mass is 9.78. The van der Waals surface area contributed by atoms with Crippen molar-refractivity contribution in [3.63, 3.8) is 0 Å². The lowest BCUT2D eigenvalue weighted by molar-refractivity contribution is -0.157. The number of ether oxygens (including phenoxy) is 1. The molecule has 0 aromatic rings. The molecule has 3 nitrogen and oxygen atoms in total. The van der Waals surface area contributed by atoms with Crippen LogP contribution in [0.25, 0.3) is 0 Å². The number of aliphatic hydroxyl groups is 1. The highest BCUT2D eigenvalue weighted by Crippen LogP contribution is 2.36. The highest BCUT2D eigenvalue weighted by molar-refractivity contribution is 5.73. The van der Waals surface area contributed by atoms with Crippen LogP contribution in [0, 0.1) is 5.92 Å². The molecule has 1 aliphatic rings. The summed E-state index contributed by atoms with van der Waals surface area (Å²) in [5.41, 5.74) is -0.821. The van der Waals surface area contributed by atoms with Crippen molar-refractivity contribution in [2.75, 3.05) is 7.11 Å². The molecule has 1 fully saturated rings. The maximum absolute atomic E-state index is 11.9. The van der Waals surface area contributed by atoms with E-state index in [0.29, 0.717) is 0 Å². The molecule has 0 heterocycles. The topological polar surface area (TPSA) is 46.5 Å². The molecule has 0 radical (unpaired) electrons. The van der Waals surface area contributed by atoms with Gasteiger partial charge in [0.05, 0.1) is 18.6 Å². The second-order valence-electron chi connectivity index (χ2n) is 5.24. The predicted octanol–water partition coefficient (Wildman–Crippen LogP) is 3.05. The van der Waals surface area contributed by atoms with Gasteiger partial charge in [-0.2, -0.15) is 0 Å². The number of carbonyl (C=O) groups excluding carboxylic acids is 1. The monoisotopic (exact) mass is 242 g/mol. The third kappa shape index (κ3) is 3.98. The minimum absolute atomic E-state index is 0.233. The van der Waals surface area contributed by atoms with Gasteiger partial charge in [-0.15, -0.1) is 0 Å². The van der Waals surface area contributed by atoms with E-state index in [4.69, 9.17) is 4.74 Å². The molecule has 3 heteroatoms. The molecule has 0 spiro atoms. The Labute approximate surface area is 105 Å². The van der Waals surface area contributed by atoms with Gasteiger partial charge in [0.25, 0.3) is 0 Å². The van der Waals surface area contributed by atoms with Crippen LogP contribution in [0.2, 0.25) is 0 Å². The summed E-state index contributed by atoms with van der Waals surface area (Å²) in [5.74, 6) is -0.562. The zero-order valence-electron chi connectivity index (χ0n) is 11.2. The third-order valence-corrected chi connectivity index (χ3v) is 3.95. The molecule has 17 heavy (non-hydrogen) atoms. The summed E-state index contributed by atoms with van der Waals surface area (Å²) >= 11 is 0. The summed E-state index contributed by atoms with van der Waals surface area (Å²) in [4.78, 5) is 11.9. The molecule has 0 aromatic heterocycles. The molecule has 1 saturated carbocycles. The number of methoxy groups -OCH3 is 1. The van der Waals surface area contributed by atoms with Crippen molar-refractivity contribution >= 4 is 5.97 Å². The predicted molar refractivity (Wildman–Crippen MR) is 67.7 cm³/mol. The minimum atomic E-state index is -0.821. The third-order valence-electron chi connectivity index (χ3n) is 3.95. The van der Waals surface area contributed by atoms with Gasteiger partial charge in [-0.25, -0.2) is 0 Å². The zero-order chi connectivity index (χ0) is 12.7. The van der Waals surface area contributed by atoms with E-state index in [1.807, 2.05) is 0 Å². The van der Waals surface area contributed by atoms with E-state index in [2.05, 4.69) is 6.92 Å². The smallest absolute Gasteiger partial charge is 0.311 e. The normalized spacial score (nSPS) is 21.6. The zero-order valence-corrected chi connectivity index (χ0v) is 11.2. The largest absolute Gasteiger partial charge is 0.469 e. The van der Waals surface area contributed by atoms with E-state index < -0.39 is 5.60 Å². The van der Waals surface area contributed by atoms with Crippen LogP contribution < -0.4 is 0 Å². The van der Waals surface area contributed by atoms with Gasteiger partial charge >= 0.3 is 5.97 Å². The Bertz CT molecular complexity index is 230. The number of unbranched alkanes of at least 4 members (excludes halogenated alkanes) is 1. The lowest BCUT2D eigenvalue weighted by Gasteiger charge is -2.33. The summed E-state index contributed by atoms with van der Waals surface area (Å²) < 4.78 is 4.87. The Hall–Kier alpha value is -0.570. The van der Waals surface area contributed by atoms with Gasteiger partial charge in [0.2, 0.25) is 0 Å². The van der Waals surface area contributed by atoms with Crippen LogP contribution in [0.3, 0.4) is 0 Å². The average molecular weight is 242 g/mol. The molecule has 1 aliphatic carbocycles. The van der Waals surface area contributed by atoms with Gasteiger partial charge in [0.15, 0.2) is 0 Å². The van der Waals surface area contributed by atoms with Crippen LogP contribution >= 0.6 is 0 Å². The molecular formula is C14H26O3. The molecule has 100 valence electrons. The van der Waals surface area contributed by atoms with Crippen LogP contribution in [0.1, 0.15) is 64.7 Å². The second-order valence-corrected chi connectivity index (χ2v) is 5.24. The Kier molecular flexibility index (Phi) is 5.96. The molecule has 0 aromatic carbocycles. The maximum atomic E-state index is 11.9. The Morgan fingerprint density at radius 1 is 1.29 bits per heavy atom. The number of hydrogen-bond donors (Lipinski definition) is 1. The number of carbonyl (C=O) groups is 1. The Balaban J connectivity index is 2.73. The van der Waals surface area contributed by atoms with Crippen molar-refractivity contribution in [1.29, 1.82) is 0 Å². The average Bonchev–Trinajstić information content (AvgIpc) is 2.55. The van der Waals surface area contributed by atoms with Gasteiger partial charge in [-0.05, 0) is 19.3 Å². The second kappa shape index (κ2) is 7.00. The van der Waals surface area contributed by atoms with E-state index in [9.17, 15) is 9.90 Å². The highest BCUT2D eigenvalue weighted by Gasteiger charge is 2.41. The molecule has 0 saturated heterocycles. The highest BCUT2D eigenvalue weighted by atomic mass is 16.5. The summed E-state index contributed by atoms with van der Waals surface area (Å²) in [7, 11) is 1.42. The van der Waals surface area contributed by atoms with Crippen molar-refractivity contribution in [2.45, 2.75) is 70.3 Å². The van der Waals surface area contributed by atoms with Crippen molar-refractivity contribution < 1.29 is 14.6 Å². The van der Waals surface area contributed by atoms with Crippen molar-refractivity contribution in [1.82, 2.24) is 0 Å². The van der Waals surface area contributed by atoms with Crippen molar-refractivity contribution in [3.8, 4) is 0 Å². The van der Waals surface area contributed by atoms with Crippen LogP contribution in [-0.2, 0) is 9.53 Å². The van der Waals surface area contributed by atoms with Crippen molar-refractivity contribution in [2.24, 2.45) is 5.92 Å². The van der Waals surface area contributed by atoms with Crippen molar-refractivity contribution in [3.05, 3.63) is 0 Å². The molecule has 0 aliphatic heterocycles. The standard InChI is InChI=1S/C14H26O3/c1-3-4-9-12(13(15)17-2)14(16)10-7-5-6-8-11-14/h12,16H,3-11H2,1-2H3. The molecule has 1 N–H and O–H groups in total. The Morgan fingerprint density at radius 2 is 1.88 bits per heavy atom. The fourth-order valence-corrected chi connectivity index (χ4v) is 2.85. The maximum Gasteiger partial charge on any atom is 0.311 e. The van der Waals surface area contributed by atoms with Crippen LogP contribution in [0.5, 0.6) is 0 Å². The van der Waals surface area contributed by atoms with E-state index in [1.165, 1.54) is 20.0 Å². The molecule has 0 amide bonds. The summed E-state index contributed by atoms with van der Waals surface area (Å²) in [5, 5.41) is 10.7.